The first-order chi connectivity index (χ1) is 6.66. The molecule has 0 aromatic rings. The fourth-order valence-corrected chi connectivity index (χ4v) is 4.71. The van der Waals surface area contributed by atoms with Crippen molar-refractivity contribution in [3.05, 3.63) is 0 Å². The highest BCUT2D eigenvalue weighted by Gasteiger charge is 2.26. The molecular formula is C9H17NO2S2. The van der Waals surface area contributed by atoms with Crippen LogP contribution in [0, 0.1) is 0 Å². The van der Waals surface area contributed by atoms with Gasteiger partial charge in [0.25, 0.3) is 0 Å². The van der Waals surface area contributed by atoms with E-state index >= 15 is 0 Å². The lowest BCUT2D eigenvalue weighted by molar-refractivity contribution is 0.417. The van der Waals surface area contributed by atoms with Crippen molar-refractivity contribution in [1.29, 1.82) is 0 Å². The van der Waals surface area contributed by atoms with Crippen LogP contribution in [0.15, 0.2) is 0 Å². The van der Waals surface area contributed by atoms with E-state index in [1.807, 2.05) is 11.8 Å². The number of hydrogen-bond donors (Lipinski definition) is 1. The molecule has 1 atom stereocenters. The van der Waals surface area contributed by atoms with Gasteiger partial charge in [-0.3, -0.25) is 0 Å². The van der Waals surface area contributed by atoms with Gasteiger partial charge in [-0.25, -0.2) is 8.42 Å². The fraction of sp³-hybridized carbons (Fsp3) is 1.00. The third-order valence-corrected chi connectivity index (χ3v) is 5.83. The zero-order chi connectivity index (χ0) is 10.0. The van der Waals surface area contributed by atoms with Crippen LogP contribution in [0.2, 0.25) is 0 Å². The molecule has 0 bridgehead atoms. The van der Waals surface area contributed by atoms with Crippen molar-refractivity contribution >= 4 is 21.6 Å². The summed E-state index contributed by atoms with van der Waals surface area (Å²) in [5.41, 5.74) is 0. The van der Waals surface area contributed by atoms with Gasteiger partial charge >= 0.3 is 0 Å². The SMILES string of the molecule is O=S1(=O)CCC(NC2CCSC2)CC1. The van der Waals surface area contributed by atoms with Crippen LogP contribution in [0.5, 0.6) is 0 Å². The Hall–Kier alpha value is 0.260. The van der Waals surface area contributed by atoms with Gasteiger partial charge in [0.1, 0.15) is 9.84 Å². The maximum absolute atomic E-state index is 11.2. The molecule has 5 heteroatoms. The quantitative estimate of drug-likeness (QED) is 0.764. The van der Waals surface area contributed by atoms with Crippen molar-refractivity contribution in [3.8, 4) is 0 Å². The number of rotatable bonds is 2. The molecule has 1 unspecified atom stereocenters. The summed E-state index contributed by atoms with van der Waals surface area (Å²) in [5, 5.41) is 3.57. The van der Waals surface area contributed by atoms with Gasteiger partial charge in [-0.15, -0.1) is 0 Å². The van der Waals surface area contributed by atoms with E-state index in [0.717, 1.165) is 12.8 Å². The third-order valence-electron chi connectivity index (χ3n) is 2.96. The van der Waals surface area contributed by atoms with E-state index in [1.165, 1.54) is 17.9 Å². The summed E-state index contributed by atoms with van der Waals surface area (Å²) in [6.45, 7) is 0. The molecule has 3 nitrogen and oxygen atoms in total. The van der Waals surface area contributed by atoms with Crippen LogP contribution in [-0.4, -0.2) is 43.5 Å². The van der Waals surface area contributed by atoms with Crippen LogP contribution >= 0.6 is 11.8 Å². The Morgan fingerprint density at radius 1 is 1.07 bits per heavy atom. The third kappa shape index (κ3) is 2.87. The van der Waals surface area contributed by atoms with Crippen molar-refractivity contribution in [2.75, 3.05) is 23.0 Å². The molecule has 2 saturated heterocycles. The molecule has 14 heavy (non-hydrogen) atoms. The summed E-state index contributed by atoms with van der Waals surface area (Å²) >= 11 is 1.99. The van der Waals surface area contributed by atoms with Crippen LogP contribution < -0.4 is 5.32 Å². The lowest BCUT2D eigenvalue weighted by atomic mass is 10.1. The molecule has 2 heterocycles. The van der Waals surface area contributed by atoms with E-state index in [2.05, 4.69) is 5.32 Å². The van der Waals surface area contributed by atoms with Gasteiger partial charge in [0.2, 0.25) is 0 Å². The minimum absolute atomic E-state index is 0.379. The van der Waals surface area contributed by atoms with Crippen LogP contribution in [0.3, 0.4) is 0 Å². The minimum atomic E-state index is -2.69. The topological polar surface area (TPSA) is 46.2 Å². The average Bonchev–Trinajstić information content (AvgIpc) is 2.61. The molecular weight excluding hydrogens is 218 g/mol. The molecule has 82 valence electrons. The zero-order valence-corrected chi connectivity index (χ0v) is 9.87. The second-order valence-corrected chi connectivity index (χ2v) is 7.61. The predicted octanol–water partition coefficient (Wildman–Crippen LogP) is 0.659. The van der Waals surface area contributed by atoms with Crippen molar-refractivity contribution in [2.24, 2.45) is 0 Å². The maximum atomic E-state index is 11.2. The summed E-state index contributed by atoms with van der Waals surface area (Å²) in [6.07, 6.45) is 2.86. The van der Waals surface area contributed by atoms with Crippen molar-refractivity contribution < 1.29 is 8.42 Å². The molecule has 0 aliphatic carbocycles. The average molecular weight is 235 g/mol. The standard InChI is InChI=1S/C9H17NO2S2/c11-14(12)5-2-8(3-6-14)10-9-1-4-13-7-9/h8-10H,1-7H2. The van der Waals surface area contributed by atoms with Gasteiger partial charge in [-0.1, -0.05) is 0 Å². The van der Waals surface area contributed by atoms with Crippen molar-refractivity contribution in [3.63, 3.8) is 0 Å². The Morgan fingerprint density at radius 2 is 1.79 bits per heavy atom. The summed E-state index contributed by atoms with van der Waals surface area (Å²) < 4.78 is 22.4. The smallest absolute Gasteiger partial charge is 0.150 e. The van der Waals surface area contributed by atoms with Gasteiger partial charge in [-0.05, 0) is 25.0 Å². The van der Waals surface area contributed by atoms with Crippen molar-refractivity contribution in [1.82, 2.24) is 5.32 Å². The van der Waals surface area contributed by atoms with Gasteiger partial charge in [0.05, 0.1) is 11.5 Å². The van der Waals surface area contributed by atoms with Crippen LogP contribution in [0.25, 0.3) is 0 Å². The van der Waals surface area contributed by atoms with E-state index in [1.54, 1.807) is 0 Å². The lowest BCUT2D eigenvalue weighted by Gasteiger charge is -2.26. The molecule has 1 N–H and O–H groups in total. The Balaban J connectivity index is 1.78. The molecule has 0 spiro atoms. The van der Waals surface area contributed by atoms with Crippen LogP contribution in [-0.2, 0) is 9.84 Å². The van der Waals surface area contributed by atoms with E-state index in [0.29, 0.717) is 23.6 Å². The van der Waals surface area contributed by atoms with E-state index in [9.17, 15) is 8.42 Å². The molecule has 2 fully saturated rings. The molecule has 0 aromatic carbocycles. The Bertz CT molecular complexity index is 269. The lowest BCUT2D eigenvalue weighted by Crippen LogP contribution is -2.43. The maximum Gasteiger partial charge on any atom is 0.150 e. The molecule has 0 aromatic heterocycles. The van der Waals surface area contributed by atoms with Crippen LogP contribution in [0.1, 0.15) is 19.3 Å². The molecule has 0 amide bonds. The highest BCUT2D eigenvalue weighted by Crippen LogP contribution is 2.20. The number of nitrogens with one attached hydrogen (secondary N) is 1. The number of thioether (sulfide) groups is 1. The molecule has 0 radical (unpaired) electrons. The monoisotopic (exact) mass is 235 g/mol. The summed E-state index contributed by atoms with van der Waals surface area (Å²) in [7, 11) is -2.69. The Labute approximate surface area is 89.9 Å². The van der Waals surface area contributed by atoms with Gasteiger partial charge < -0.3 is 5.32 Å². The second-order valence-electron chi connectivity index (χ2n) is 4.15. The fourth-order valence-electron chi connectivity index (χ4n) is 2.06. The van der Waals surface area contributed by atoms with Gasteiger partial charge in [-0.2, -0.15) is 11.8 Å². The number of sulfone groups is 1. The summed E-state index contributed by atoms with van der Waals surface area (Å²) in [6, 6.07) is 1.08. The predicted molar refractivity (Wildman–Crippen MR) is 60.5 cm³/mol. The van der Waals surface area contributed by atoms with E-state index in [4.69, 9.17) is 0 Å². The summed E-state index contributed by atoms with van der Waals surface area (Å²) in [4.78, 5) is 0. The first-order valence-electron chi connectivity index (χ1n) is 5.20. The summed E-state index contributed by atoms with van der Waals surface area (Å²) in [5.74, 6) is 3.21. The molecule has 2 rings (SSSR count). The van der Waals surface area contributed by atoms with Gasteiger partial charge in [0, 0.05) is 17.8 Å². The Kier molecular flexibility index (Phi) is 3.39. The Morgan fingerprint density at radius 3 is 2.36 bits per heavy atom. The first kappa shape index (κ1) is 10.8. The molecule has 0 saturated carbocycles. The molecule has 2 aliphatic rings. The van der Waals surface area contributed by atoms with Gasteiger partial charge in [0.15, 0.2) is 0 Å². The highest BCUT2D eigenvalue weighted by molar-refractivity contribution is 7.99. The normalized spacial score (nSPS) is 33.3. The van der Waals surface area contributed by atoms with Crippen molar-refractivity contribution in [2.45, 2.75) is 31.3 Å². The van der Waals surface area contributed by atoms with Crippen LogP contribution in [0.4, 0.5) is 0 Å². The molecule has 2 aliphatic heterocycles. The number of hydrogen-bond acceptors (Lipinski definition) is 4. The second kappa shape index (κ2) is 4.41. The highest BCUT2D eigenvalue weighted by atomic mass is 32.2. The van der Waals surface area contributed by atoms with E-state index in [-0.39, 0.29) is 0 Å². The first-order valence-corrected chi connectivity index (χ1v) is 8.17. The minimum Gasteiger partial charge on any atom is -0.310 e. The largest absolute Gasteiger partial charge is 0.310 e. The van der Waals surface area contributed by atoms with E-state index < -0.39 is 9.84 Å². The zero-order valence-electron chi connectivity index (χ0n) is 8.24.